The summed E-state index contributed by atoms with van der Waals surface area (Å²) < 4.78 is 6.36. The Hall–Kier alpha value is -1.59. The number of aliphatic carboxylic acids is 1. The number of para-hydroxylation sites is 1. The van der Waals surface area contributed by atoms with Crippen LogP contribution in [0.25, 0.3) is 0 Å². The molecular formula is C25H34O3S2. The summed E-state index contributed by atoms with van der Waals surface area (Å²) in [5.74, 6) is 1.88. The number of carboxylic acid groups (broad SMARTS) is 1. The highest BCUT2D eigenvalue weighted by molar-refractivity contribution is 8.16. The largest absolute Gasteiger partial charge is 0.493 e. The number of thioether (sulfide) groups is 2. The number of hydrogen-bond donors (Lipinski definition) is 1. The molecule has 164 valence electrons. The van der Waals surface area contributed by atoms with Crippen molar-refractivity contribution < 1.29 is 14.6 Å². The van der Waals surface area contributed by atoms with Crippen LogP contribution in [0.15, 0.2) is 54.6 Å². The van der Waals surface area contributed by atoms with Gasteiger partial charge in [-0.25, -0.2) is 0 Å². The van der Waals surface area contributed by atoms with Crippen LogP contribution in [-0.4, -0.2) is 29.2 Å². The molecule has 0 aliphatic carbocycles. The van der Waals surface area contributed by atoms with Gasteiger partial charge in [0, 0.05) is 11.3 Å². The highest BCUT2D eigenvalue weighted by Crippen LogP contribution is 2.43. The molecule has 30 heavy (non-hydrogen) atoms. The number of carbonyl (C=O) groups is 1. The van der Waals surface area contributed by atoms with E-state index in [-0.39, 0.29) is 11.0 Å². The van der Waals surface area contributed by atoms with Gasteiger partial charge in [0.15, 0.2) is 0 Å². The summed E-state index contributed by atoms with van der Waals surface area (Å²) in [7, 11) is 0. The van der Waals surface area contributed by atoms with Crippen LogP contribution in [0.5, 0.6) is 5.75 Å². The summed E-state index contributed by atoms with van der Waals surface area (Å²) in [5.41, 5.74) is 2.59. The fourth-order valence-corrected chi connectivity index (χ4v) is 5.79. The monoisotopic (exact) mass is 446 g/mol. The average Bonchev–Trinajstić information content (AvgIpc) is 2.76. The van der Waals surface area contributed by atoms with Crippen LogP contribution in [0.4, 0.5) is 0 Å². The van der Waals surface area contributed by atoms with Crippen molar-refractivity contribution in [2.45, 2.75) is 56.5 Å². The number of aryl methyl sites for hydroxylation is 1. The van der Waals surface area contributed by atoms with E-state index in [1.807, 2.05) is 30.0 Å². The van der Waals surface area contributed by atoms with E-state index in [9.17, 15) is 4.79 Å². The predicted octanol–water partition coefficient (Wildman–Crippen LogP) is 7.22. The molecule has 2 aromatic rings. The molecule has 0 bridgehead atoms. The maximum absolute atomic E-state index is 10.9. The second-order valence-corrected chi connectivity index (χ2v) is 9.98. The number of ether oxygens (including phenoxy) is 1. The number of hydrogen-bond acceptors (Lipinski definition) is 4. The van der Waals surface area contributed by atoms with Gasteiger partial charge in [-0.3, -0.25) is 4.79 Å². The van der Waals surface area contributed by atoms with Crippen LogP contribution in [0, 0.1) is 0 Å². The van der Waals surface area contributed by atoms with Crippen molar-refractivity contribution in [3.05, 3.63) is 65.7 Å². The molecule has 5 heteroatoms. The van der Waals surface area contributed by atoms with E-state index in [4.69, 9.17) is 9.84 Å². The third-order valence-corrected chi connectivity index (χ3v) is 7.71. The lowest BCUT2D eigenvalue weighted by Crippen LogP contribution is -2.03. The second kappa shape index (κ2) is 15.2. The Bertz CT molecular complexity index is 721. The molecule has 0 spiro atoms. The van der Waals surface area contributed by atoms with Gasteiger partial charge in [-0.15, -0.1) is 23.5 Å². The smallest absolute Gasteiger partial charge is 0.304 e. The van der Waals surface area contributed by atoms with Crippen LogP contribution in [0.3, 0.4) is 0 Å². The first-order valence-electron chi connectivity index (χ1n) is 10.9. The number of rotatable bonds is 16. The van der Waals surface area contributed by atoms with E-state index in [0.29, 0.717) is 5.75 Å². The molecule has 2 aromatic carbocycles. The Labute approximate surface area is 190 Å². The fourth-order valence-electron chi connectivity index (χ4n) is 3.12. The van der Waals surface area contributed by atoms with E-state index < -0.39 is 5.97 Å². The molecule has 0 fully saturated rings. The van der Waals surface area contributed by atoms with Gasteiger partial charge in [-0.1, -0.05) is 68.3 Å². The van der Waals surface area contributed by atoms with E-state index in [1.165, 1.54) is 30.4 Å². The van der Waals surface area contributed by atoms with Gasteiger partial charge in [0.05, 0.1) is 17.6 Å². The molecule has 3 nitrogen and oxygen atoms in total. The first-order valence-corrected chi connectivity index (χ1v) is 13.0. The molecular weight excluding hydrogens is 412 g/mol. The first-order chi connectivity index (χ1) is 14.7. The Balaban J connectivity index is 1.77. The van der Waals surface area contributed by atoms with Crippen molar-refractivity contribution in [2.24, 2.45) is 0 Å². The minimum atomic E-state index is -0.737. The molecule has 0 aliphatic heterocycles. The third kappa shape index (κ3) is 9.94. The normalized spacial score (nSPS) is 11.9. The summed E-state index contributed by atoms with van der Waals surface area (Å²) >= 11 is 3.59. The maximum Gasteiger partial charge on any atom is 0.304 e. The Morgan fingerprint density at radius 3 is 2.40 bits per heavy atom. The molecule has 0 heterocycles. The molecule has 0 aromatic heterocycles. The SMILES string of the molecule is CCCSC(SCCC(=O)O)c1ccccc1OCCCCCCc1ccccc1. The van der Waals surface area contributed by atoms with Crippen LogP contribution in [-0.2, 0) is 11.2 Å². The summed E-state index contributed by atoms with van der Waals surface area (Å²) in [6.45, 7) is 2.90. The van der Waals surface area contributed by atoms with E-state index in [1.54, 1.807) is 11.8 Å². The van der Waals surface area contributed by atoms with Gasteiger partial charge < -0.3 is 9.84 Å². The van der Waals surface area contributed by atoms with Crippen molar-refractivity contribution in [3.8, 4) is 5.75 Å². The second-order valence-electron chi connectivity index (χ2n) is 7.25. The predicted molar refractivity (Wildman–Crippen MR) is 131 cm³/mol. The summed E-state index contributed by atoms with van der Waals surface area (Å²) in [4.78, 5) is 10.9. The molecule has 1 unspecified atom stereocenters. The number of unbranched alkanes of at least 4 members (excludes halogenated alkanes) is 3. The summed E-state index contributed by atoms with van der Waals surface area (Å²) in [5, 5.41) is 8.95. The molecule has 1 N–H and O–H groups in total. The zero-order valence-corrected chi connectivity index (χ0v) is 19.6. The zero-order chi connectivity index (χ0) is 21.4. The Morgan fingerprint density at radius 2 is 1.63 bits per heavy atom. The zero-order valence-electron chi connectivity index (χ0n) is 17.9. The van der Waals surface area contributed by atoms with Gasteiger partial charge >= 0.3 is 5.97 Å². The van der Waals surface area contributed by atoms with E-state index in [2.05, 4.69) is 43.3 Å². The molecule has 0 saturated heterocycles. The van der Waals surface area contributed by atoms with Crippen LogP contribution in [0.2, 0.25) is 0 Å². The van der Waals surface area contributed by atoms with Crippen molar-refractivity contribution >= 4 is 29.5 Å². The van der Waals surface area contributed by atoms with Crippen molar-refractivity contribution in [2.75, 3.05) is 18.1 Å². The standard InChI is InChI=1S/C25H34O3S2/c1-2-19-29-25(30-20-17-24(26)27)22-15-9-10-16-23(22)28-18-11-4-3-6-12-21-13-7-5-8-14-21/h5,7-10,13-16,25H,2-4,6,11-12,17-20H2,1H3,(H,26,27). The molecule has 0 amide bonds. The van der Waals surface area contributed by atoms with Gasteiger partial charge in [-0.05, 0) is 43.1 Å². The number of carboxylic acids is 1. The van der Waals surface area contributed by atoms with Gasteiger partial charge in [0.25, 0.3) is 0 Å². The lowest BCUT2D eigenvalue weighted by Gasteiger charge is -2.20. The topological polar surface area (TPSA) is 46.5 Å². The third-order valence-electron chi connectivity index (χ3n) is 4.69. The number of benzene rings is 2. The summed E-state index contributed by atoms with van der Waals surface area (Å²) in [6, 6.07) is 18.9. The molecule has 0 radical (unpaired) electrons. The minimum absolute atomic E-state index is 0.194. The lowest BCUT2D eigenvalue weighted by molar-refractivity contribution is -0.136. The molecule has 1 atom stereocenters. The van der Waals surface area contributed by atoms with Gasteiger partial charge in [-0.2, -0.15) is 0 Å². The van der Waals surface area contributed by atoms with Crippen LogP contribution < -0.4 is 4.74 Å². The lowest BCUT2D eigenvalue weighted by atomic mass is 10.1. The van der Waals surface area contributed by atoms with Crippen molar-refractivity contribution in [1.29, 1.82) is 0 Å². The van der Waals surface area contributed by atoms with Crippen molar-refractivity contribution in [3.63, 3.8) is 0 Å². The quantitative estimate of drug-likeness (QED) is 0.218. The Morgan fingerprint density at radius 1 is 0.933 bits per heavy atom. The fraction of sp³-hybridized carbons (Fsp3) is 0.480. The van der Waals surface area contributed by atoms with E-state index in [0.717, 1.165) is 37.4 Å². The van der Waals surface area contributed by atoms with Crippen LogP contribution in [0.1, 0.15) is 61.2 Å². The van der Waals surface area contributed by atoms with E-state index >= 15 is 0 Å². The Kier molecular flexibility index (Phi) is 12.5. The highest BCUT2D eigenvalue weighted by Gasteiger charge is 2.17. The highest BCUT2D eigenvalue weighted by atomic mass is 32.2. The summed E-state index contributed by atoms with van der Waals surface area (Å²) in [6.07, 6.45) is 7.12. The minimum Gasteiger partial charge on any atom is -0.493 e. The van der Waals surface area contributed by atoms with Gasteiger partial charge in [0.2, 0.25) is 0 Å². The molecule has 2 rings (SSSR count). The van der Waals surface area contributed by atoms with Crippen molar-refractivity contribution in [1.82, 2.24) is 0 Å². The maximum atomic E-state index is 10.9. The average molecular weight is 447 g/mol. The first kappa shape index (κ1) is 24.7. The molecule has 0 saturated carbocycles. The van der Waals surface area contributed by atoms with Crippen LogP contribution >= 0.6 is 23.5 Å². The molecule has 0 aliphatic rings. The van der Waals surface area contributed by atoms with Gasteiger partial charge in [0.1, 0.15) is 5.75 Å².